The van der Waals surface area contributed by atoms with Gasteiger partial charge in [0.25, 0.3) is 0 Å². The van der Waals surface area contributed by atoms with Crippen molar-refractivity contribution in [3.63, 3.8) is 0 Å². The average Bonchev–Trinajstić information content (AvgIpc) is 2.77. The van der Waals surface area contributed by atoms with Crippen LogP contribution in [0.25, 0.3) is 0 Å². The number of anilines is 1. The molecular weight excluding hydrogens is 272 g/mol. The summed E-state index contributed by atoms with van der Waals surface area (Å²) < 4.78 is 4.72. The standard InChI is InChI=1S/C15H26N2O2S/c1-11(2)9-7-5-6-8-10-16-15-17-12(3)13(20-15)14(18)19-4/h11H,5-10H2,1-4H3,(H,16,17). The Morgan fingerprint density at radius 1 is 1.30 bits per heavy atom. The number of rotatable bonds is 9. The molecule has 0 amide bonds. The highest BCUT2D eigenvalue weighted by atomic mass is 32.1. The lowest BCUT2D eigenvalue weighted by Gasteiger charge is -2.04. The third-order valence-electron chi connectivity index (χ3n) is 3.15. The van der Waals surface area contributed by atoms with Gasteiger partial charge in [-0.2, -0.15) is 0 Å². The van der Waals surface area contributed by atoms with Gasteiger partial charge in [-0.05, 0) is 19.3 Å². The Labute approximate surface area is 125 Å². The summed E-state index contributed by atoms with van der Waals surface area (Å²) in [5.41, 5.74) is 0.737. The van der Waals surface area contributed by atoms with Gasteiger partial charge in [0.15, 0.2) is 5.13 Å². The fraction of sp³-hybridized carbons (Fsp3) is 0.733. The zero-order valence-corrected chi connectivity index (χ0v) is 13.8. The van der Waals surface area contributed by atoms with Gasteiger partial charge >= 0.3 is 5.97 Å². The number of carbonyl (C=O) groups excluding carboxylic acids is 1. The van der Waals surface area contributed by atoms with Crippen molar-refractivity contribution in [2.24, 2.45) is 5.92 Å². The molecule has 0 unspecified atom stereocenters. The Balaban J connectivity index is 2.21. The summed E-state index contributed by atoms with van der Waals surface area (Å²) in [5.74, 6) is 0.505. The molecule has 1 heterocycles. The average molecular weight is 298 g/mol. The molecule has 4 nitrogen and oxygen atoms in total. The van der Waals surface area contributed by atoms with E-state index in [0.717, 1.165) is 29.7 Å². The third-order valence-corrected chi connectivity index (χ3v) is 4.25. The fourth-order valence-electron chi connectivity index (χ4n) is 1.98. The van der Waals surface area contributed by atoms with Gasteiger partial charge in [0.1, 0.15) is 4.88 Å². The first-order valence-electron chi connectivity index (χ1n) is 7.34. The summed E-state index contributed by atoms with van der Waals surface area (Å²) in [6.07, 6.45) is 6.32. The molecule has 0 fully saturated rings. The van der Waals surface area contributed by atoms with Gasteiger partial charge in [-0.25, -0.2) is 9.78 Å². The molecule has 0 aliphatic rings. The van der Waals surface area contributed by atoms with Crippen LogP contribution < -0.4 is 5.32 Å². The van der Waals surface area contributed by atoms with Crippen molar-refractivity contribution >= 4 is 22.4 Å². The molecule has 1 aromatic rings. The number of hydrogen-bond donors (Lipinski definition) is 1. The van der Waals surface area contributed by atoms with E-state index in [1.807, 2.05) is 6.92 Å². The highest BCUT2D eigenvalue weighted by Gasteiger charge is 2.15. The predicted molar refractivity (Wildman–Crippen MR) is 84.6 cm³/mol. The number of nitrogens with zero attached hydrogens (tertiary/aromatic N) is 1. The zero-order valence-electron chi connectivity index (χ0n) is 13.0. The Hall–Kier alpha value is -1.10. The van der Waals surface area contributed by atoms with Crippen LogP contribution in [-0.4, -0.2) is 24.6 Å². The minimum atomic E-state index is -0.304. The van der Waals surface area contributed by atoms with Crippen molar-refractivity contribution in [2.75, 3.05) is 19.0 Å². The van der Waals surface area contributed by atoms with Gasteiger partial charge in [-0.15, -0.1) is 0 Å². The molecule has 0 saturated carbocycles. The van der Waals surface area contributed by atoms with Crippen molar-refractivity contribution in [3.8, 4) is 0 Å². The highest BCUT2D eigenvalue weighted by molar-refractivity contribution is 7.17. The minimum Gasteiger partial charge on any atom is -0.465 e. The second kappa shape index (κ2) is 8.95. The van der Waals surface area contributed by atoms with Crippen LogP contribution in [0.3, 0.4) is 0 Å². The van der Waals surface area contributed by atoms with Crippen LogP contribution in [0.5, 0.6) is 0 Å². The first-order valence-corrected chi connectivity index (χ1v) is 8.15. The van der Waals surface area contributed by atoms with Gasteiger partial charge in [0, 0.05) is 6.54 Å². The largest absolute Gasteiger partial charge is 0.465 e. The minimum absolute atomic E-state index is 0.304. The maximum atomic E-state index is 11.5. The Kier molecular flexibility index (Phi) is 7.59. The van der Waals surface area contributed by atoms with Crippen LogP contribution in [-0.2, 0) is 4.74 Å². The predicted octanol–water partition coefficient (Wildman–Crippen LogP) is 4.26. The molecule has 0 aliphatic heterocycles. The zero-order chi connectivity index (χ0) is 15.0. The smallest absolute Gasteiger partial charge is 0.350 e. The van der Waals surface area contributed by atoms with Crippen LogP contribution in [0.15, 0.2) is 0 Å². The van der Waals surface area contributed by atoms with Crippen molar-refractivity contribution in [1.82, 2.24) is 4.98 Å². The van der Waals surface area contributed by atoms with E-state index in [-0.39, 0.29) is 5.97 Å². The molecule has 1 N–H and O–H groups in total. The molecule has 1 rings (SSSR count). The molecule has 0 atom stereocenters. The van der Waals surface area contributed by atoms with Crippen molar-refractivity contribution in [1.29, 1.82) is 0 Å². The summed E-state index contributed by atoms with van der Waals surface area (Å²) >= 11 is 1.37. The maximum absolute atomic E-state index is 11.5. The highest BCUT2D eigenvalue weighted by Crippen LogP contribution is 2.23. The lowest BCUT2D eigenvalue weighted by Crippen LogP contribution is -2.01. The van der Waals surface area contributed by atoms with Crippen molar-refractivity contribution < 1.29 is 9.53 Å². The Morgan fingerprint density at radius 3 is 2.65 bits per heavy atom. The number of carbonyl (C=O) groups is 1. The van der Waals surface area contributed by atoms with Gasteiger partial charge in [-0.3, -0.25) is 0 Å². The van der Waals surface area contributed by atoms with Gasteiger partial charge in [-0.1, -0.05) is 50.9 Å². The summed E-state index contributed by atoms with van der Waals surface area (Å²) in [4.78, 5) is 16.4. The number of aryl methyl sites for hydroxylation is 1. The number of ether oxygens (including phenoxy) is 1. The molecule has 0 aliphatic carbocycles. The van der Waals surface area contributed by atoms with Crippen LogP contribution in [0.2, 0.25) is 0 Å². The van der Waals surface area contributed by atoms with Crippen molar-refractivity contribution in [3.05, 3.63) is 10.6 Å². The first kappa shape index (κ1) is 17.0. The second-order valence-electron chi connectivity index (χ2n) is 5.45. The topological polar surface area (TPSA) is 51.2 Å². The van der Waals surface area contributed by atoms with Crippen LogP contribution in [0, 0.1) is 12.8 Å². The van der Waals surface area contributed by atoms with E-state index in [9.17, 15) is 4.79 Å². The molecular formula is C15H26N2O2S. The molecule has 1 aromatic heterocycles. The molecule has 0 aromatic carbocycles. The van der Waals surface area contributed by atoms with Gasteiger partial charge in [0.05, 0.1) is 12.8 Å². The molecule has 114 valence electrons. The molecule has 5 heteroatoms. The molecule has 20 heavy (non-hydrogen) atoms. The molecule has 0 spiro atoms. The molecule has 0 saturated heterocycles. The lowest BCUT2D eigenvalue weighted by atomic mass is 10.0. The van der Waals surface area contributed by atoms with Crippen LogP contribution in [0.1, 0.15) is 61.3 Å². The number of unbranched alkanes of at least 4 members (excludes halogenated alkanes) is 3. The lowest BCUT2D eigenvalue weighted by molar-refractivity contribution is 0.0605. The van der Waals surface area contributed by atoms with E-state index in [1.54, 1.807) is 0 Å². The second-order valence-corrected chi connectivity index (χ2v) is 6.45. The molecule has 0 bridgehead atoms. The number of thiazole rings is 1. The summed E-state index contributed by atoms with van der Waals surface area (Å²) in [7, 11) is 1.39. The van der Waals surface area contributed by atoms with E-state index in [1.165, 1.54) is 44.1 Å². The van der Waals surface area contributed by atoms with E-state index in [2.05, 4.69) is 24.1 Å². The first-order chi connectivity index (χ1) is 9.54. The normalized spacial score (nSPS) is 10.8. The van der Waals surface area contributed by atoms with Gasteiger partial charge < -0.3 is 10.1 Å². The summed E-state index contributed by atoms with van der Waals surface area (Å²) in [5, 5.41) is 4.09. The number of aromatic nitrogens is 1. The quantitative estimate of drug-likeness (QED) is 0.547. The van der Waals surface area contributed by atoms with Crippen molar-refractivity contribution in [2.45, 2.75) is 52.9 Å². The Bertz CT molecular complexity index is 416. The van der Waals surface area contributed by atoms with E-state index in [0.29, 0.717) is 4.88 Å². The van der Waals surface area contributed by atoms with E-state index >= 15 is 0 Å². The maximum Gasteiger partial charge on any atom is 0.350 e. The monoisotopic (exact) mass is 298 g/mol. The number of hydrogen-bond acceptors (Lipinski definition) is 5. The summed E-state index contributed by atoms with van der Waals surface area (Å²) in [6.45, 7) is 7.28. The van der Waals surface area contributed by atoms with E-state index < -0.39 is 0 Å². The SMILES string of the molecule is COC(=O)c1sc(NCCCCCCC(C)C)nc1C. The Morgan fingerprint density at radius 2 is 2.00 bits per heavy atom. The van der Waals surface area contributed by atoms with Gasteiger partial charge in [0.2, 0.25) is 0 Å². The fourth-order valence-corrected chi connectivity index (χ4v) is 2.89. The van der Waals surface area contributed by atoms with Crippen LogP contribution in [0.4, 0.5) is 5.13 Å². The molecule has 0 radical (unpaired) electrons. The number of esters is 1. The van der Waals surface area contributed by atoms with Crippen LogP contribution >= 0.6 is 11.3 Å². The third kappa shape index (κ3) is 5.90. The number of nitrogens with one attached hydrogen (secondary N) is 1. The van der Waals surface area contributed by atoms with E-state index in [4.69, 9.17) is 4.74 Å². The number of methoxy groups -OCH3 is 1. The summed E-state index contributed by atoms with van der Waals surface area (Å²) in [6, 6.07) is 0.